The molecule has 0 bridgehead atoms. The number of aromatic nitrogens is 2. The van der Waals surface area contributed by atoms with Crippen molar-refractivity contribution in [2.45, 2.75) is 13.1 Å². The number of ether oxygens (including phenoxy) is 1. The van der Waals surface area contributed by atoms with Gasteiger partial charge in [-0.15, -0.1) is 24.0 Å². The summed E-state index contributed by atoms with van der Waals surface area (Å²) in [6.07, 6.45) is 1.62. The lowest BCUT2D eigenvalue weighted by atomic mass is 10.2. The van der Waals surface area contributed by atoms with E-state index in [4.69, 9.17) is 27.9 Å². The molecular formula is C20H21Cl2FIN5O. The number of nitrogens with zero attached hydrogens (tertiary/aromatic N) is 3. The normalized spacial score (nSPS) is 11.0. The van der Waals surface area contributed by atoms with E-state index in [1.54, 1.807) is 42.1 Å². The van der Waals surface area contributed by atoms with E-state index < -0.39 is 0 Å². The second kappa shape index (κ2) is 11.4. The Morgan fingerprint density at radius 1 is 1.17 bits per heavy atom. The average Bonchev–Trinajstić information content (AvgIpc) is 2.96. The van der Waals surface area contributed by atoms with Gasteiger partial charge in [0.05, 0.1) is 11.6 Å². The number of halogens is 4. The molecule has 0 unspecified atom stereocenters. The summed E-state index contributed by atoms with van der Waals surface area (Å²) in [5.74, 6) is 0.981. The molecule has 0 amide bonds. The third-order valence-electron chi connectivity index (χ3n) is 4.18. The molecule has 3 rings (SSSR count). The van der Waals surface area contributed by atoms with Crippen molar-refractivity contribution in [1.29, 1.82) is 0 Å². The van der Waals surface area contributed by atoms with Crippen LogP contribution < -0.4 is 15.4 Å². The number of rotatable bonds is 6. The maximum atomic E-state index is 13.4. The monoisotopic (exact) mass is 563 g/mol. The van der Waals surface area contributed by atoms with Gasteiger partial charge in [-0.3, -0.25) is 4.99 Å². The average molecular weight is 564 g/mol. The van der Waals surface area contributed by atoms with Gasteiger partial charge >= 0.3 is 0 Å². The lowest BCUT2D eigenvalue weighted by Crippen LogP contribution is -2.36. The van der Waals surface area contributed by atoms with Crippen LogP contribution in [0.15, 0.2) is 53.7 Å². The lowest BCUT2D eigenvalue weighted by molar-refractivity contribution is 0.450. The minimum atomic E-state index is -0.372. The van der Waals surface area contributed by atoms with Crippen LogP contribution in [0.4, 0.5) is 4.39 Å². The van der Waals surface area contributed by atoms with Crippen LogP contribution in [0.2, 0.25) is 10.2 Å². The second-order valence-corrected chi connectivity index (χ2v) is 6.91. The van der Waals surface area contributed by atoms with E-state index in [-0.39, 0.29) is 29.8 Å². The first kappa shape index (κ1) is 24.2. The molecule has 0 spiro atoms. The first-order valence-corrected chi connectivity index (χ1v) is 9.55. The molecule has 0 saturated carbocycles. The Morgan fingerprint density at radius 3 is 2.60 bits per heavy atom. The largest absolute Gasteiger partial charge is 0.439 e. The molecule has 2 N–H and O–H groups in total. The van der Waals surface area contributed by atoms with E-state index in [1.807, 2.05) is 13.1 Å². The van der Waals surface area contributed by atoms with Crippen molar-refractivity contribution in [2.24, 2.45) is 12.0 Å². The molecule has 0 aliphatic carbocycles. The SMILES string of the molecule is CN=C(NCc1cccnc1Oc1cccc(F)c1)NCc1cc(Cl)c(Cl)n1C.I. The molecule has 0 saturated heterocycles. The number of aliphatic imine (C=N–C) groups is 1. The zero-order valence-corrected chi connectivity index (χ0v) is 20.2. The van der Waals surface area contributed by atoms with E-state index in [9.17, 15) is 4.39 Å². The van der Waals surface area contributed by atoms with Crippen molar-refractivity contribution in [2.75, 3.05) is 7.05 Å². The lowest BCUT2D eigenvalue weighted by Gasteiger charge is -2.14. The highest BCUT2D eigenvalue weighted by Crippen LogP contribution is 2.25. The fraction of sp³-hybridized carbons (Fsp3) is 0.200. The standard InChI is InChI=1S/C20H20Cl2FN5O.HI/c1-24-20(27-12-15-10-17(21)18(22)28(15)2)26-11-13-5-4-8-25-19(13)29-16-7-3-6-14(23)9-16;/h3-10H,11-12H2,1-2H3,(H2,24,26,27);1H. The van der Waals surface area contributed by atoms with Gasteiger partial charge in [-0.25, -0.2) is 9.37 Å². The fourth-order valence-electron chi connectivity index (χ4n) is 2.63. The van der Waals surface area contributed by atoms with Gasteiger partial charge in [0.25, 0.3) is 0 Å². The second-order valence-electron chi connectivity index (χ2n) is 6.14. The van der Waals surface area contributed by atoms with Gasteiger partial charge in [0.1, 0.15) is 16.7 Å². The summed E-state index contributed by atoms with van der Waals surface area (Å²) in [5.41, 5.74) is 1.71. The highest BCUT2D eigenvalue weighted by Gasteiger charge is 2.11. The molecule has 0 atom stereocenters. The minimum Gasteiger partial charge on any atom is -0.439 e. The predicted octanol–water partition coefficient (Wildman–Crippen LogP) is 5.14. The van der Waals surface area contributed by atoms with Crippen LogP contribution in [-0.2, 0) is 20.1 Å². The van der Waals surface area contributed by atoms with Crippen LogP contribution in [0.25, 0.3) is 0 Å². The van der Waals surface area contributed by atoms with Gasteiger partial charge in [-0.2, -0.15) is 0 Å². The zero-order valence-electron chi connectivity index (χ0n) is 16.3. The number of hydrogen-bond acceptors (Lipinski definition) is 3. The summed E-state index contributed by atoms with van der Waals surface area (Å²) in [7, 11) is 3.51. The van der Waals surface area contributed by atoms with Crippen LogP contribution >= 0.6 is 47.2 Å². The molecule has 2 aromatic heterocycles. The zero-order chi connectivity index (χ0) is 20.8. The fourth-order valence-corrected chi connectivity index (χ4v) is 3.04. The molecule has 0 fully saturated rings. The third kappa shape index (κ3) is 6.23. The molecular weight excluding hydrogens is 543 g/mol. The van der Waals surface area contributed by atoms with Gasteiger partial charge in [0.2, 0.25) is 5.88 Å². The number of guanidine groups is 1. The molecule has 2 heterocycles. The van der Waals surface area contributed by atoms with E-state index in [2.05, 4.69) is 20.6 Å². The first-order chi connectivity index (χ1) is 14.0. The van der Waals surface area contributed by atoms with Gasteiger partial charge in [-0.05, 0) is 24.3 Å². The van der Waals surface area contributed by atoms with Crippen molar-refractivity contribution in [3.8, 4) is 11.6 Å². The molecule has 1 aromatic carbocycles. The topological polar surface area (TPSA) is 63.5 Å². The highest BCUT2D eigenvalue weighted by atomic mass is 127. The number of hydrogen-bond donors (Lipinski definition) is 2. The Hall–Kier alpha value is -2.04. The summed E-state index contributed by atoms with van der Waals surface area (Å²) < 4.78 is 20.9. The Bertz CT molecular complexity index is 1030. The van der Waals surface area contributed by atoms with Gasteiger partial charge in [0.15, 0.2) is 5.96 Å². The van der Waals surface area contributed by atoms with Crippen molar-refractivity contribution < 1.29 is 9.13 Å². The van der Waals surface area contributed by atoms with Crippen molar-refractivity contribution in [3.63, 3.8) is 0 Å². The summed E-state index contributed by atoms with van der Waals surface area (Å²) in [6.45, 7) is 0.898. The van der Waals surface area contributed by atoms with Gasteiger partial charge < -0.3 is 19.9 Å². The van der Waals surface area contributed by atoms with Crippen molar-refractivity contribution in [1.82, 2.24) is 20.2 Å². The Kier molecular flexibility index (Phi) is 9.19. The van der Waals surface area contributed by atoms with Crippen molar-refractivity contribution >= 4 is 53.1 Å². The summed E-state index contributed by atoms with van der Waals surface area (Å²) >= 11 is 12.1. The van der Waals surface area contributed by atoms with Crippen LogP contribution in [0, 0.1) is 5.82 Å². The summed E-state index contributed by atoms with van der Waals surface area (Å²) in [6, 6.07) is 11.4. The number of nitrogens with one attached hydrogen (secondary N) is 2. The quantitative estimate of drug-likeness (QED) is 0.248. The molecule has 10 heteroatoms. The van der Waals surface area contributed by atoms with Crippen LogP contribution in [-0.4, -0.2) is 22.6 Å². The van der Waals surface area contributed by atoms with E-state index in [1.165, 1.54) is 12.1 Å². The third-order valence-corrected chi connectivity index (χ3v) is 5.03. The predicted molar refractivity (Wildman–Crippen MR) is 129 cm³/mol. The highest BCUT2D eigenvalue weighted by molar-refractivity contribution is 14.0. The maximum absolute atomic E-state index is 13.4. The molecule has 0 radical (unpaired) electrons. The van der Waals surface area contributed by atoms with E-state index >= 15 is 0 Å². The maximum Gasteiger partial charge on any atom is 0.224 e. The molecule has 30 heavy (non-hydrogen) atoms. The molecule has 6 nitrogen and oxygen atoms in total. The molecule has 3 aromatic rings. The van der Waals surface area contributed by atoms with E-state index in [0.29, 0.717) is 40.9 Å². The summed E-state index contributed by atoms with van der Waals surface area (Å²) in [4.78, 5) is 8.46. The molecule has 160 valence electrons. The Morgan fingerprint density at radius 2 is 1.93 bits per heavy atom. The van der Waals surface area contributed by atoms with Crippen LogP contribution in [0.3, 0.4) is 0 Å². The van der Waals surface area contributed by atoms with Crippen LogP contribution in [0.5, 0.6) is 11.6 Å². The minimum absolute atomic E-state index is 0. The molecule has 0 aliphatic heterocycles. The van der Waals surface area contributed by atoms with Gasteiger partial charge in [0, 0.05) is 44.2 Å². The number of benzene rings is 1. The first-order valence-electron chi connectivity index (χ1n) is 8.79. The molecule has 0 aliphatic rings. The Labute approximate surface area is 201 Å². The Balaban J connectivity index is 0.00000320. The van der Waals surface area contributed by atoms with Gasteiger partial charge in [-0.1, -0.05) is 35.3 Å². The van der Waals surface area contributed by atoms with E-state index in [0.717, 1.165) is 11.3 Å². The smallest absolute Gasteiger partial charge is 0.224 e. The van der Waals surface area contributed by atoms with Crippen LogP contribution in [0.1, 0.15) is 11.3 Å². The number of pyridine rings is 1. The summed E-state index contributed by atoms with van der Waals surface area (Å²) in [5, 5.41) is 7.40. The van der Waals surface area contributed by atoms with Crippen molar-refractivity contribution in [3.05, 3.63) is 75.9 Å².